The summed E-state index contributed by atoms with van der Waals surface area (Å²) in [6.45, 7) is 2.34. The number of benzene rings is 3. The van der Waals surface area contributed by atoms with Gasteiger partial charge < -0.3 is 24.5 Å². The first-order valence-electron chi connectivity index (χ1n) is 13.6. The molecule has 6 rings (SSSR count). The van der Waals surface area contributed by atoms with Gasteiger partial charge in [0.15, 0.2) is 11.6 Å². The Hall–Kier alpha value is -4.78. The largest absolute Gasteiger partial charge is 0.493 e. The number of fused-ring (bicyclic) bond motifs is 2. The first kappa shape index (κ1) is 29.3. The number of aromatic amines is 2. The number of ether oxygens (including phenoxy) is 2. The molecule has 3 heterocycles. The molecule has 1 aliphatic heterocycles. The van der Waals surface area contributed by atoms with Crippen molar-refractivity contribution in [2.24, 2.45) is 0 Å². The van der Waals surface area contributed by atoms with E-state index in [1.165, 1.54) is 24.4 Å². The van der Waals surface area contributed by atoms with E-state index >= 15 is 8.78 Å². The molecule has 0 fully saturated rings. The van der Waals surface area contributed by atoms with Gasteiger partial charge in [-0.3, -0.25) is 4.79 Å². The van der Waals surface area contributed by atoms with E-state index in [0.717, 1.165) is 23.4 Å². The first-order chi connectivity index (χ1) is 20.9. The molecular formula is C31H27F3N4O5S. The maximum atomic E-state index is 15.2. The number of carboxylic acids is 1. The van der Waals surface area contributed by atoms with Crippen molar-refractivity contribution in [3.05, 3.63) is 89.1 Å². The van der Waals surface area contributed by atoms with E-state index in [2.05, 4.69) is 9.97 Å². The van der Waals surface area contributed by atoms with Crippen LogP contribution in [0.15, 0.2) is 59.8 Å². The van der Waals surface area contributed by atoms with Crippen LogP contribution in [0.25, 0.3) is 22.3 Å². The summed E-state index contributed by atoms with van der Waals surface area (Å²) in [5.74, 6) is -4.34. The average molecular weight is 625 g/mol. The van der Waals surface area contributed by atoms with Gasteiger partial charge in [-0.1, -0.05) is 18.2 Å². The van der Waals surface area contributed by atoms with Crippen LogP contribution in [0.2, 0.25) is 0 Å². The monoisotopic (exact) mass is 624 g/mol. The van der Waals surface area contributed by atoms with Crippen molar-refractivity contribution in [2.75, 3.05) is 12.9 Å². The number of halogens is 3. The predicted molar refractivity (Wildman–Crippen MR) is 156 cm³/mol. The maximum Gasteiger partial charge on any atom is 0.303 e. The molecule has 2 aromatic heterocycles. The van der Waals surface area contributed by atoms with Gasteiger partial charge in [-0.05, 0) is 49.6 Å². The van der Waals surface area contributed by atoms with Gasteiger partial charge in [0, 0.05) is 41.4 Å². The molecule has 1 aliphatic rings. The van der Waals surface area contributed by atoms with Crippen molar-refractivity contribution in [1.82, 2.24) is 15.0 Å². The molecule has 4 N–H and O–H groups in total. The van der Waals surface area contributed by atoms with Gasteiger partial charge in [0.05, 0.1) is 33.1 Å². The quantitative estimate of drug-likeness (QED) is 0.148. The number of aryl methyl sites for hydroxylation is 1. The van der Waals surface area contributed by atoms with Crippen molar-refractivity contribution >= 4 is 26.6 Å². The summed E-state index contributed by atoms with van der Waals surface area (Å²) >= 11 is 0. The van der Waals surface area contributed by atoms with Crippen molar-refractivity contribution in [1.29, 1.82) is 4.78 Å². The van der Waals surface area contributed by atoms with Crippen LogP contribution in [0.3, 0.4) is 0 Å². The molecule has 0 spiro atoms. The summed E-state index contributed by atoms with van der Waals surface area (Å²) in [5.41, 5.74) is 1.27. The fourth-order valence-corrected chi connectivity index (χ4v) is 6.72. The number of rotatable bonds is 8. The van der Waals surface area contributed by atoms with Gasteiger partial charge in [-0.2, -0.15) is 4.39 Å². The van der Waals surface area contributed by atoms with Crippen LogP contribution in [0.1, 0.15) is 36.6 Å². The van der Waals surface area contributed by atoms with Crippen molar-refractivity contribution < 1.29 is 36.8 Å². The summed E-state index contributed by atoms with van der Waals surface area (Å²) in [4.78, 5) is 21.1. The Balaban J connectivity index is 1.38. The van der Waals surface area contributed by atoms with E-state index in [0.29, 0.717) is 30.9 Å². The van der Waals surface area contributed by atoms with E-state index in [-0.39, 0.29) is 39.4 Å². The van der Waals surface area contributed by atoms with Crippen LogP contribution in [0, 0.1) is 22.2 Å². The Morgan fingerprint density at radius 1 is 1.18 bits per heavy atom. The van der Waals surface area contributed by atoms with Crippen LogP contribution in [0.4, 0.5) is 13.2 Å². The third kappa shape index (κ3) is 4.96. The highest BCUT2D eigenvalue weighted by Crippen LogP contribution is 2.45. The van der Waals surface area contributed by atoms with E-state index in [1.54, 1.807) is 6.20 Å². The van der Waals surface area contributed by atoms with Crippen LogP contribution in [-0.4, -0.2) is 43.1 Å². The van der Waals surface area contributed by atoms with E-state index in [1.807, 2.05) is 25.1 Å². The number of para-hydroxylation sites is 1. The molecule has 13 heteroatoms. The molecular weight excluding hydrogens is 597 g/mol. The number of carboxylic acid groups (broad SMARTS) is 1. The minimum atomic E-state index is -3.59. The standard InChI is InChI=1S/C31H27F3N4O5S/c1-31(11-13-42-27-16(6-9-23(39)40)4-3-5-20(27)31)22-15-37-30(38-22)19-14-17(7-8-21(19)32)43-28-25(34)24(33)26-18(10-12-36-26)29(28)44(2,35)41/h3-5,7-8,10,12,14-15,35-36H,6,9,11,13H2,1-2H3,(H,37,38)(H,39,40). The number of hydrogen-bond donors (Lipinski definition) is 4. The van der Waals surface area contributed by atoms with Crippen LogP contribution < -0.4 is 9.47 Å². The third-order valence-corrected chi connectivity index (χ3v) is 9.09. The number of carbonyl (C=O) groups is 1. The van der Waals surface area contributed by atoms with Gasteiger partial charge in [0.25, 0.3) is 0 Å². The van der Waals surface area contributed by atoms with Gasteiger partial charge in [-0.25, -0.2) is 22.8 Å². The highest BCUT2D eigenvalue weighted by molar-refractivity contribution is 7.92. The average Bonchev–Trinajstić information content (AvgIpc) is 3.66. The van der Waals surface area contributed by atoms with Gasteiger partial charge in [0.1, 0.15) is 28.0 Å². The summed E-state index contributed by atoms with van der Waals surface area (Å²) < 4.78 is 77.9. The van der Waals surface area contributed by atoms with Crippen molar-refractivity contribution in [3.8, 4) is 28.6 Å². The van der Waals surface area contributed by atoms with E-state index < -0.39 is 44.3 Å². The highest BCUT2D eigenvalue weighted by Gasteiger charge is 2.38. The molecule has 0 radical (unpaired) electrons. The Morgan fingerprint density at radius 3 is 2.73 bits per heavy atom. The molecule has 0 saturated heterocycles. The lowest BCUT2D eigenvalue weighted by Crippen LogP contribution is -2.32. The summed E-state index contributed by atoms with van der Waals surface area (Å²) in [7, 11) is -3.59. The van der Waals surface area contributed by atoms with Crippen LogP contribution in [-0.2, 0) is 26.4 Å². The molecule has 0 bridgehead atoms. The fraction of sp³-hybridized carbons (Fsp3) is 0.226. The predicted octanol–water partition coefficient (Wildman–Crippen LogP) is 6.91. The topological polar surface area (TPSA) is 141 Å². The number of nitrogens with zero attached hydrogens (tertiary/aromatic N) is 1. The molecule has 5 aromatic rings. The van der Waals surface area contributed by atoms with Crippen LogP contribution >= 0.6 is 0 Å². The number of H-pyrrole nitrogens is 2. The minimum absolute atomic E-state index is 0.0203. The molecule has 228 valence electrons. The lowest BCUT2D eigenvalue weighted by atomic mass is 9.74. The van der Waals surface area contributed by atoms with Gasteiger partial charge in [-0.15, -0.1) is 0 Å². The molecule has 3 aromatic carbocycles. The van der Waals surface area contributed by atoms with Crippen molar-refractivity contribution in [3.63, 3.8) is 0 Å². The lowest BCUT2D eigenvalue weighted by molar-refractivity contribution is -0.136. The van der Waals surface area contributed by atoms with Gasteiger partial charge in [0.2, 0.25) is 5.82 Å². The number of nitrogens with one attached hydrogen (secondary N) is 3. The lowest BCUT2D eigenvalue weighted by Gasteiger charge is -2.35. The Kier molecular flexibility index (Phi) is 7.15. The molecule has 9 nitrogen and oxygen atoms in total. The zero-order valence-corrected chi connectivity index (χ0v) is 24.4. The Bertz CT molecular complexity index is 2060. The van der Waals surface area contributed by atoms with E-state index in [4.69, 9.17) is 24.3 Å². The normalized spacial score (nSPS) is 17.6. The second-order valence-corrected chi connectivity index (χ2v) is 13.0. The van der Waals surface area contributed by atoms with Gasteiger partial charge >= 0.3 is 5.97 Å². The maximum absolute atomic E-state index is 15.2. The number of aromatic nitrogens is 3. The summed E-state index contributed by atoms with van der Waals surface area (Å²) in [6.07, 6.45) is 4.87. The summed E-state index contributed by atoms with van der Waals surface area (Å²) in [5, 5.41) is 9.19. The molecule has 0 saturated carbocycles. The van der Waals surface area contributed by atoms with E-state index in [9.17, 15) is 13.4 Å². The Morgan fingerprint density at radius 2 is 1.98 bits per heavy atom. The fourth-order valence-electron chi connectivity index (χ4n) is 5.65. The highest BCUT2D eigenvalue weighted by atomic mass is 32.2. The minimum Gasteiger partial charge on any atom is -0.493 e. The second-order valence-electron chi connectivity index (χ2n) is 10.9. The van der Waals surface area contributed by atoms with Crippen molar-refractivity contribution in [2.45, 2.75) is 36.5 Å². The first-order valence-corrected chi connectivity index (χ1v) is 15.6. The molecule has 2 unspecified atom stereocenters. The molecule has 0 amide bonds. The number of imidazole rings is 1. The Labute approximate surface area is 250 Å². The molecule has 2 atom stereocenters. The third-order valence-electron chi connectivity index (χ3n) is 7.90. The second kappa shape index (κ2) is 10.7. The smallest absolute Gasteiger partial charge is 0.303 e. The molecule has 44 heavy (non-hydrogen) atoms. The zero-order chi connectivity index (χ0) is 31.4. The SMILES string of the molecule is CC1(c2c[nH]c(-c3cc(Oc4c(F)c(F)c5[nH]ccc5c4S(C)(=N)=O)ccc3F)n2)CCOc2c(CCC(=O)O)cccc21. The van der Waals surface area contributed by atoms with Crippen LogP contribution in [0.5, 0.6) is 17.2 Å². The zero-order valence-electron chi connectivity index (χ0n) is 23.6. The molecule has 0 aliphatic carbocycles. The number of aliphatic carboxylic acids is 1. The summed E-state index contributed by atoms with van der Waals surface area (Å²) in [6, 6.07) is 10.5. The number of hydrogen-bond acceptors (Lipinski definition) is 6.